The largest absolute Gasteiger partial charge is 0.396 e. The number of aliphatic hydroxyl groups is 1. The third kappa shape index (κ3) is 3.19. The lowest BCUT2D eigenvalue weighted by molar-refractivity contribution is -0.140. The average molecular weight is 254 g/mol. The zero-order chi connectivity index (χ0) is 13.8. The van der Waals surface area contributed by atoms with Crippen molar-refractivity contribution in [2.75, 3.05) is 6.61 Å². The SMILES string of the molecule is CCCC1(CCO)CC(=O)C(C(=O)CC)C(C)C1. The summed E-state index contributed by atoms with van der Waals surface area (Å²) < 4.78 is 0. The molecule has 104 valence electrons. The van der Waals surface area contributed by atoms with E-state index in [4.69, 9.17) is 0 Å². The van der Waals surface area contributed by atoms with Crippen LogP contribution in [0.3, 0.4) is 0 Å². The number of Topliss-reactive ketones (excluding diaryl/α,β-unsaturated/α-hetero) is 2. The van der Waals surface area contributed by atoms with Gasteiger partial charge in [0, 0.05) is 19.4 Å². The van der Waals surface area contributed by atoms with E-state index in [2.05, 4.69) is 6.92 Å². The van der Waals surface area contributed by atoms with Crippen LogP contribution >= 0.6 is 0 Å². The molecule has 0 aromatic rings. The lowest BCUT2D eigenvalue weighted by atomic mass is 9.61. The molecule has 1 aliphatic carbocycles. The van der Waals surface area contributed by atoms with Crippen LogP contribution in [-0.4, -0.2) is 23.3 Å². The molecule has 0 saturated heterocycles. The number of aliphatic hydroxyl groups excluding tert-OH is 1. The number of hydrogen-bond donors (Lipinski definition) is 1. The van der Waals surface area contributed by atoms with Gasteiger partial charge in [0.15, 0.2) is 0 Å². The molecule has 0 aliphatic heterocycles. The molecular weight excluding hydrogens is 228 g/mol. The van der Waals surface area contributed by atoms with E-state index in [9.17, 15) is 14.7 Å². The molecule has 3 nitrogen and oxygen atoms in total. The molecule has 0 bridgehead atoms. The van der Waals surface area contributed by atoms with E-state index in [1.54, 1.807) is 0 Å². The summed E-state index contributed by atoms with van der Waals surface area (Å²) in [6, 6.07) is 0. The van der Waals surface area contributed by atoms with Gasteiger partial charge in [-0.25, -0.2) is 0 Å². The second-order valence-electron chi connectivity index (χ2n) is 5.85. The zero-order valence-electron chi connectivity index (χ0n) is 11.9. The molecule has 0 aromatic carbocycles. The van der Waals surface area contributed by atoms with Crippen LogP contribution in [0.2, 0.25) is 0 Å². The third-order valence-electron chi connectivity index (χ3n) is 4.34. The molecule has 0 aromatic heterocycles. The molecule has 0 spiro atoms. The summed E-state index contributed by atoms with van der Waals surface area (Å²) in [6.45, 7) is 6.07. The highest BCUT2D eigenvalue weighted by Crippen LogP contribution is 2.46. The predicted molar refractivity (Wildman–Crippen MR) is 71.2 cm³/mol. The van der Waals surface area contributed by atoms with E-state index in [-0.39, 0.29) is 29.5 Å². The van der Waals surface area contributed by atoms with Crippen molar-refractivity contribution in [3.05, 3.63) is 0 Å². The van der Waals surface area contributed by atoms with Gasteiger partial charge in [0.25, 0.3) is 0 Å². The van der Waals surface area contributed by atoms with Gasteiger partial charge in [0.05, 0.1) is 5.92 Å². The maximum Gasteiger partial charge on any atom is 0.144 e. The summed E-state index contributed by atoms with van der Waals surface area (Å²) in [6.07, 6.45) is 4.49. The lowest BCUT2D eigenvalue weighted by Crippen LogP contribution is -2.43. The second kappa shape index (κ2) is 6.46. The van der Waals surface area contributed by atoms with Gasteiger partial charge in [-0.05, 0) is 30.6 Å². The molecule has 0 radical (unpaired) electrons. The highest BCUT2D eigenvalue weighted by molar-refractivity contribution is 6.03. The van der Waals surface area contributed by atoms with Crippen LogP contribution in [0.25, 0.3) is 0 Å². The van der Waals surface area contributed by atoms with E-state index >= 15 is 0 Å². The van der Waals surface area contributed by atoms with Crippen molar-refractivity contribution in [3.63, 3.8) is 0 Å². The van der Waals surface area contributed by atoms with Gasteiger partial charge < -0.3 is 5.11 Å². The van der Waals surface area contributed by atoms with Crippen molar-refractivity contribution in [2.24, 2.45) is 17.3 Å². The molecule has 3 atom stereocenters. The topological polar surface area (TPSA) is 54.4 Å². The zero-order valence-corrected chi connectivity index (χ0v) is 11.9. The summed E-state index contributed by atoms with van der Waals surface area (Å²) in [4.78, 5) is 24.1. The Balaban J connectivity index is 2.87. The van der Waals surface area contributed by atoms with Gasteiger partial charge >= 0.3 is 0 Å². The second-order valence-corrected chi connectivity index (χ2v) is 5.85. The van der Waals surface area contributed by atoms with E-state index in [1.165, 1.54) is 0 Å². The fourth-order valence-electron chi connectivity index (χ4n) is 3.66. The first-order chi connectivity index (χ1) is 8.49. The molecular formula is C15H26O3. The monoisotopic (exact) mass is 254 g/mol. The molecule has 1 fully saturated rings. The Bertz CT molecular complexity index is 303. The van der Waals surface area contributed by atoms with E-state index in [0.717, 1.165) is 19.3 Å². The first kappa shape index (κ1) is 15.4. The van der Waals surface area contributed by atoms with Crippen molar-refractivity contribution in [1.82, 2.24) is 0 Å². The molecule has 1 N–H and O–H groups in total. The molecule has 0 amide bonds. The Morgan fingerprint density at radius 3 is 2.50 bits per heavy atom. The number of ketones is 2. The highest BCUT2D eigenvalue weighted by Gasteiger charge is 2.44. The molecule has 1 rings (SSSR count). The minimum atomic E-state index is -0.390. The Morgan fingerprint density at radius 1 is 1.39 bits per heavy atom. The predicted octanol–water partition coefficient (Wildman–Crippen LogP) is 2.75. The number of carbonyl (C=O) groups is 2. The normalized spacial score (nSPS) is 32.6. The van der Waals surface area contributed by atoms with Crippen LogP contribution in [0.4, 0.5) is 0 Å². The van der Waals surface area contributed by atoms with Gasteiger partial charge in [0.1, 0.15) is 11.6 Å². The lowest BCUT2D eigenvalue weighted by Gasteiger charge is -2.42. The van der Waals surface area contributed by atoms with E-state index in [0.29, 0.717) is 19.3 Å². The van der Waals surface area contributed by atoms with Gasteiger partial charge in [-0.1, -0.05) is 27.2 Å². The molecule has 3 unspecified atom stereocenters. The summed E-state index contributed by atoms with van der Waals surface area (Å²) in [7, 11) is 0. The molecule has 1 saturated carbocycles. The fourth-order valence-corrected chi connectivity index (χ4v) is 3.66. The third-order valence-corrected chi connectivity index (χ3v) is 4.34. The maximum atomic E-state index is 12.3. The smallest absolute Gasteiger partial charge is 0.144 e. The maximum absolute atomic E-state index is 12.3. The van der Waals surface area contributed by atoms with E-state index in [1.807, 2.05) is 13.8 Å². The van der Waals surface area contributed by atoms with Gasteiger partial charge in [-0.2, -0.15) is 0 Å². The van der Waals surface area contributed by atoms with Crippen LogP contribution in [-0.2, 0) is 9.59 Å². The fraction of sp³-hybridized carbons (Fsp3) is 0.867. The molecule has 3 heteroatoms. The van der Waals surface area contributed by atoms with Crippen molar-refractivity contribution < 1.29 is 14.7 Å². The Kier molecular flexibility index (Phi) is 5.51. The standard InChI is InChI=1S/C15H26O3/c1-4-6-15(7-8-16)9-11(3)14(12(17)5-2)13(18)10-15/h11,14,16H,4-10H2,1-3H3. The quantitative estimate of drug-likeness (QED) is 0.741. The molecule has 1 aliphatic rings. The van der Waals surface area contributed by atoms with Gasteiger partial charge in [-0.15, -0.1) is 0 Å². The van der Waals surface area contributed by atoms with Crippen molar-refractivity contribution in [1.29, 1.82) is 0 Å². The summed E-state index contributed by atoms with van der Waals surface area (Å²) in [5.74, 6) is -0.0837. The van der Waals surface area contributed by atoms with Crippen LogP contribution in [0.15, 0.2) is 0 Å². The van der Waals surface area contributed by atoms with Gasteiger partial charge in [0.2, 0.25) is 0 Å². The molecule has 0 heterocycles. The van der Waals surface area contributed by atoms with Crippen LogP contribution < -0.4 is 0 Å². The average Bonchev–Trinajstić information content (AvgIpc) is 2.28. The minimum Gasteiger partial charge on any atom is -0.396 e. The van der Waals surface area contributed by atoms with E-state index < -0.39 is 5.92 Å². The van der Waals surface area contributed by atoms with Crippen molar-refractivity contribution in [3.8, 4) is 0 Å². The van der Waals surface area contributed by atoms with Crippen LogP contribution in [0.5, 0.6) is 0 Å². The van der Waals surface area contributed by atoms with Crippen molar-refractivity contribution in [2.45, 2.75) is 59.3 Å². The highest BCUT2D eigenvalue weighted by atomic mass is 16.3. The first-order valence-corrected chi connectivity index (χ1v) is 7.16. The number of carbonyl (C=O) groups excluding carboxylic acids is 2. The van der Waals surface area contributed by atoms with Gasteiger partial charge in [-0.3, -0.25) is 9.59 Å². The number of hydrogen-bond acceptors (Lipinski definition) is 3. The van der Waals surface area contributed by atoms with Crippen LogP contribution in [0.1, 0.15) is 59.3 Å². The Morgan fingerprint density at radius 2 is 2.06 bits per heavy atom. The molecule has 18 heavy (non-hydrogen) atoms. The summed E-state index contributed by atoms with van der Waals surface area (Å²) in [5, 5.41) is 9.23. The first-order valence-electron chi connectivity index (χ1n) is 7.16. The Hall–Kier alpha value is -0.700. The van der Waals surface area contributed by atoms with Crippen molar-refractivity contribution >= 4 is 11.6 Å². The number of rotatable bonds is 6. The minimum absolute atomic E-state index is 0.0650. The summed E-state index contributed by atoms with van der Waals surface area (Å²) in [5.41, 5.74) is -0.0650. The Labute approximate surface area is 110 Å². The summed E-state index contributed by atoms with van der Waals surface area (Å²) >= 11 is 0. The van der Waals surface area contributed by atoms with Crippen LogP contribution in [0, 0.1) is 17.3 Å².